The lowest BCUT2D eigenvalue weighted by Crippen LogP contribution is -2.30. The molecule has 0 rings (SSSR count). The van der Waals surface area contributed by atoms with Crippen molar-refractivity contribution in [3.05, 3.63) is 72.9 Å². The number of carbonyl (C=O) groups is 3. The third-order valence-electron chi connectivity index (χ3n) is 13.6. The molecule has 0 saturated heterocycles. The van der Waals surface area contributed by atoms with Gasteiger partial charge in [-0.25, -0.2) is 4.57 Å². The summed E-state index contributed by atoms with van der Waals surface area (Å²) in [4.78, 5) is 48.7. The lowest BCUT2D eigenvalue weighted by Gasteiger charge is -2.21. The van der Waals surface area contributed by atoms with E-state index in [0.29, 0.717) is 19.3 Å². The van der Waals surface area contributed by atoms with Gasteiger partial charge in [0.05, 0.1) is 19.8 Å². The highest BCUT2D eigenvalue weighted by Gasteiger charge is 2.28. The van der Waals surface area contributed by atoms with Gasteiger partial charge in [0.2, 0.25) is 0 Å². The summed E-state index contributed by atoms with van der Waals surface area (Å²) in [7, 11) is -4.76. The molecule has 0 aromatic heterocycles. The number of esters is 3. The third-order valence-corrected chi connectivity index (χ3v) is 14.5. The molecule has 0 saturated carbocycles. The fourth-order valence-electron chi connectivity index (χ4n) is 8.75. The number of hydrogen-bond acceptors (Lipinski definition) is 10. The maximum atomic E-state index is 13.0. The zero-order valence-corrected chi connectivity index (χ0v) is 51.0. The first-order chi connectivity index (χ1) is 38.2. The quantitative estimate of drug-likeness (QED) is 0.0197. The minimum Gasteiger partial charge on any atom is -0.462 e. The molecule has 0 fully saturated rings. The van der Waals surface area contributed by atoms with Crippen molar-refractivity contribution in [2.45, 2.75) is 303 Å². The summed E-state index contributed by atoms with van der Waals surface area (Å²) in [5, 5.41) is 9.83. The maximum absolute atomic E-state index is 13.0. The molecule has 0 amide bonds. The molecule has 0 spiro atoms. The summed E-state index contributed by atoms with van der Waals surface area (Å²) in [6, 6.07) is 0. The van der Waals surface area contributed by atoms with Crippen LogP contribution < -0.4 is 0 Å². The number of carbonyl (C=O) groups excluding carboxylic acids is 3. The van der Waals surface area contributed by atoms with Crippen LogP contribution in [0.15, 0.2) is 72.9 Å². The van der Waals surface area contributed by atoms with Crippen molar-refractivity contribution in [1.29, 1.82) is 0 Å². The van der Waals surface area contributed by atoms with E-state index in [1.165, 1.54) is 109 Å². The van der Waals surface area contributed by atoms with Crippen LogP contribution in [0.4, 0.5) is 0 Å². The van der Waals surface area contributed by atoms with Gasteiger partial charge in [0, 0.05) is 19.3 Å². The monoisotopic (exact) mass is 1120 g/mol. The van der Waals surface area contributed by atoms with Gasteiger partial charge >= 0.3 is 25.7 Å². The van der Waals surface area contributed by atoms with Gasteiger partial charge in [0.25, 0.3) is 0 Å². The van der Waals surface area contributed by atoms with Gasteiger partial charge in [-0.3, -0.25) is 23.4 Å². The number of allylic oxidation sites excluding steroid dienone is 12. The van der Waals surface area contributed by atoms with E-state index in [-0.39, 0.29) is 25.9 Å². The fourth-order valence-corrected chi connectivity index (χ4v) is 9.53. The normalized spacial score (nSPS) is 13.8. The van der Waals surface area contributed by atoms with E-state index in [1.807, 2.05) is 0 Å². The SMILES string of the molecule is CC/C=C\C/C=C\C/C=C\C/C=C\CCCCCCCCC(=O)OC(COC(=O)CCCCCCCCCCC/C=C\CCCCCCCC)COP(=O)(O)OCC(CO)OC(=O)CCCCCCC/C=C\CCCCCC. The van der Waals surface area contributed by atoms with Crippen LogP contribution in [0.3, 0.4) is 0 Å². The molecule has 0 aliphatic rings. The molecular formula is C66H117O11P. The topological polar surface area (TPSA) is 155 Å². The molecule has 0 radical (unpaired) electrons. The van der Waals surface area contributed by atoms with Gasteiger partial charge in [-0.2, -0.15) is 0 Å². The maximum Gasteiger partial charge on any atom is 0.472 e. The highest BCUT2D eigenvalue weighted by molar-refractivity contribution is 7.47. The first-order valence-corrected chi connectivity index (χ1v) is 33.3. The number of aliphatic hydroxyl groups excluding tert-OH is 1. The van der Waals surface area contributed by atoms with E-state index in [9.17, 15) is 28.9 Å². The predicted octanol–water partition coefficient (Wildman–Crippen LogP) is 19.3. The molecule has 2 N–H and O–H groups in total. The van der Waals surface area contributed by atoms with Crippen LogP contribution in [0.5, 0.6) is 0 Å². The van der Waals surface area contributed by atoms with Crippen LogP contribution in [0.25, 0.3) is 0 Å². The Balaban J connectivity index is 4.73. The average Bonchev–Trinajstić information content (AvgIpc) is 3.43. The summed E-state index contributed by atoms with van der Waals surface area (Å²) in [6.07, 6.45) is 68.5. The first-order valence-electron chi connectivity index (χ1n) is 31.8. The molecular weight excluding hydrogens is 1000 g/mol. The largest absolute Gasteiger partial charge is 0.472 e. The number of phosphoric ester groups is 1. The zero-order chi connectivity index (χ0) is 56.9. The molecule has 0 aliphatic heterocycles. The zero-order valence-electron chi connectivity index (χ0n) is 50.1. The van der Waals surface area contributed by atoms with E-state index in [2.05, 4.69) is 93.7 Å². The minimum atomic E-state index is -4.76. The number of hydrogen-bond donors (Lipinski definition) is 2. The molecule has 0 aromatic rings. The third kappa shape index (κ3) is 57.6. The van der Waals surface area contributed by atoms with Crippen molar-refractivity contribution in [1.82, 2.24) is 0 Å². The smallest absolute Gasteiger partial charge is 0.462 e. The van der Waals surface area contributed by atoms with E-state index < -0.39 is 57.8 Å². The van der Waals surface area contributed by atoms with Gasteiger partial charge in [0.15, 0.2) is 6.10 Å². The van der Waals surface area contributed by atoms with Gasteiger partial charge in [0.1, 0.15) is 12.7 Å². The standard InChI is InChI=1S/C66H117O11P/c1-4-7-10-13-16-19-22-25-27-29-31-33-35-38-40-43-46-49-52-55-64(68)73-59-63(77-66(70)57-54-51-48-45-42-39-36-34-32-30-28-26-23-20-17-14-11-8-5-2)61-75-78(71,72)74-60-62(58-67)76-65(69)56-53-50-47-44-41-37-24-21-18-15-12-9-6-3/h8,11,17,20-21,24-28,32,34,62-63,67H,4-7,9-10,12-16,18-19,22-23,29-31,33,35-61H2,1-3H3,(H,71,72)/b11-8-,20-17-,24-21-,27-25-,28-26-,34-32-. The van der Waals surface area contributed by atoms with Gasteiger partial charge in [-0.05, 0) is 109 Å². The molecule has 11 nitrogen and oxygen atoms in total. The lowest BCUT2D eigenvalue weighted by atomic mass is 10.1. The molecule has 452 valence electrons. The Bertz CT molecular complexity index is 1590. The Morgan fingerprint density at radius 2 is 0.667 bits per heavy atom. The van der Waals surface area contributed by atoms with E-state index in [1.54, 1.807) is 0 Å². The molecule has 0 bridgehead atoms. The molecule has 0 aromatic carbocycles. The molecule has 78 heavy (non-hydrogen) atoms. The molecule has 12 heteroatoms. The van der Waals surface area contributed by atoms with Crippen molar-refractivity contribution < 1.29 is 52.2 Å². The summed E-state index contributed by atoms with van der Waals surface area (Å²) in [5.41, 5.74) is 0. The second-order valence-electron chi connectivity index (χ2n) is 21.2. The first kappa shape index (κ1) is 74.9. The van der Waals surface area contributed by atoms with Crippen molar-refractivity contribution in [3.63, 3.8) is 0 Å². The van der Waals surface area contributed by atoms with E-state index in [4.69, 9.17) is 23.3 Å². The average molecular weight is 1120 g/mol. The fraction of sp³-hybridized carbons (Fsp3) is 0.773. The van der Waals surface area contributed by atoms with Crippen molar-refractivity contribution in [2.75, 3.05) is 26.4 Å². The van der Waals surface area contributed by atoms with Crippen LogP contribution in [-0.2, 0) is 42.2 Å². The van der Waals surface area contributed by atoms with Crippen LogP contribution in [-0.4, -0.2) is 66.5 Å². The number of rotatable bonds is 59. The predicted molar refractivity (Wildman–Crippen MR) is 325 cm³/mol. The van der Waals surface area contributed by atoms with Crippen LogP contribution >= 0.6 is 7.82 Å². The van der Waals surface area contributed by atoms with E-state index in [0.717, 1.165) is 122 Å². The second-order valence-corrected chi connectivity index (χ2v) is 22.6. The minimum absolute atomic E-state index is 0.150. The summed E-state index contributed by atoms with van der Waals surface area (Å²) >= 11 is 0. The second kappa shape index (κ2) is 60.0. The Morgan fingerprint density at radius 1 is 0.372 bits per heavy atom. The van der Waals surface area contributed by atoms with Crippen molar-refractivity contribution in [2.24, 2.45) is 0 Å². The van der Waals surface area contributed by atoms with E-state index >= 15 is 0 Å². The highest BCUT2D eigenvalue weighted by Crippen LogP contribution is 2.43. The number of ether oxygens (including phenoxy) is 3. The molecule has 0 heterocycles. The Kier molecular flexibility index (Phi) is 57.7. The Hall–Kier alpha value is -3.08. The molecule has 3 atom stereocenters. The lowest BCUT2D eigenvalue weighted by molar-refractivity contribution is -0.161. The number of unbranched alkanes of at least 4 members (excludes halogenated alkanes) is 30. The van der Waals surface area contributed by atoms with Crippen LogP contribution in [0.2, 0.25) is 0 Å². The number of phosphoric acid groups is 1. The molecule has 3 unspecified atom stereocenters. The van der Waals surface area contributed by atoms with Gasteiger partial charge < -0.3 is 24.2 Å². The van der Waals surface area contributed by atoms with Crippen molar-refractivity contribution in [3.8, 4) is 0 Å². The van der Waals surface area contributed by atoms with Crippen LogP contribution in [0, 0.1) is 0 Å². The summed E-state index contributed by atoms with van der Waals surface area (Å²) in [6.45, 7) is 4.52. The Morgan fingerprint density at radius 3 is 1.05 bits per heavy atom. The Labute approximate surface area is 478 Å². The van der Waals surface area contributed by atoms with Crippen LogP contribution in [0.1, 0.15) is 290 Å². The summed E-state index contributed by atoms with van der Waals surface area (Å²) in [5.74, 6) is -1.48. The summed E-state index contributed by atoms with van der Waals surface area (Å²) < 4.78 is 39.6. The molecule has 0 aliphatic carbocycles. The highest BCUT2D eigenvalue weighted by atomic mass is 31.2. The van der Waals surface area contributed by atoms with Gasteiger partial charge in [-0.15, -0.1) is 0 Å². The number of aliphatic hydroxyl groups is 1. The van der Waals surface area contributed by atoms with Crippen molar-refractivity contribution >= 4 is 25.7 Å². The van der Waals surface area contributed by atoms with Gasteiger partial charge in [-0.1, -0.05) is 235 Å².